The van der Waals surface area contributed by atoms with Crippen LogP contribution in [0.3, 0.4) is 0 Å². The van der Waals surface area contributed by atoms with Crippen LogP contribution in [0.25, 0.3) is 0 Å². The van der Waals surface area contributed by atoms with Crippen LogP contribution in [0, 0.1) is 0 Å². The van der Waals surface area contributed by atoms with E-state index < -0.39 is 0 Å². The molecule has 0 atom stereocenters. The van der Waals surface area contributed by atoms with Gasteiger partial charge in [-0.05, 0) is 19.3 Å². The summed E-state index contributed by atoms with van der Waals surface area (Å²) in [5.41, 5.74) is 5.59. The smallest absolute Gasteiger partial charge is 0.246 e. The number of ether oxygens (including phenoxy) is 1. The van der Waals surface area contributed by atoms with Crippen molar-refractivity contribution in [1.82, 2.24) is 5.32 Å². The standard InChI is InChI=1S/C12H24N2O2/c1-2-3-8-16-9-11(15)14-12(10-13)6-4-5-7-12/h2-10,13H2,1H3,(H,14,15). The summed E-state index contributed by atoms with van der Waals surface area (Å²) in [6.45, 7) is 3.47. The van der Waals surface area contributed by atoms with Gasteiger partial charge < -0.3 is 15.8 Å². The molecule has 4 heteroatoms. The molecule has 0 heterocycles. The summed E-state index contributed by atoms with van der Waals surface area (Å²) in [7, 11) is 0. The molecule has 4 nitrogen and oxygen atoms in total. The van der Waals surface area contributed by atoms with Gasteiger partial charge in [-0.3, -0.25) is 4.79 Å². The van der Waals surface area contributed by atoms with E-state index >= 15 is 0 Å². The first kappa shape index (κ1) is 13.5. The second kappa shape index (κ2) is 6.86. The highest BCUT2D eigenvalue weighted by Gasteiger charge is 2.33. The first-order valence-corrected chi connectivity index (χ1v) is 6.31. The maximum atomic E-state index is 11.6. The van der Waals surface area contributed by atoms with Gasteiger partial charge in [0.1, 0.15) is 6.61 Å². The van der Waals surface area contributed by atoms with E-state index in [1.54, 1.807) is 0 Å². The lowest BCUT2D eigenvalue weighted by Crippen LogP contribution is -2.52. The predicted molar refractivity (Wildman–Crippen MR) is 64.1 cm³/mol. The molecule has 1 saturated carbocycles. The summed E-state index contributed by atoms with van der Waals surface area (Å²) in [6.07, 6.45) is 6.43. The largest absolute Gasteiger partial charge is 0.372 e. The second-order valence-corrected chi connectivity index (χ2v) is 4.65. The molecule has 0 aromatic carbocycles. The summed E-state index contributed by atoms with van der Waals surface area (Å²) in [4.78, 5) is 11.6. The Morgan fingerprint density at radius 3 is 2.69 bits per heavy atom. The van der Waals surface area contributed by atoms with Gasteiger partial charge in [0.2, 0.25) is 5.91 Å². The van der Waals surface area contributed by atoms with Crippen LogP contribution < -0.4 is 11.1 Å². The third-order valence-electron chi connectivity index (χ3n) is 3.23. The normalized spacial score (nSPS) is 18.6. The molecule has 1 amide bonds. The molecule has 1 rings (SSSR count). The Morgan fingerprint density at radius 1 is 1.44 bits per heavy atom. The summed E-state index contributed by atoms with van der Waals surface area (Å²) in [5.74, 6) is -0.0246. The minimum absolute atomic E-state index is 0.0246. The van der Waals surface area contributed by atoms with E-state index in [2.05, 4.69) is 12.2 Å². The maximum absolute atomic E-state index is 11.6. The zero-order valence-electron chi connectivity index (χ0n) is 10.3. The lowest BCUT2D eigenvalue weighted by Gasteiger charge is -2.28. The summed E-state index contributed by atoms with van der Waals surface area (Å²) in [6, 6.07) is 0. The van der Waals surface area contributed by atoms with E-state index in [0.29, 0.717) is 13.2 Å². The molecule has 0 aliphatic heterocycles. The topological polar surface area (TPSA) is 64.3 Å². The Bertz CT molecular complexity index is 213. The first-order chi connectivity index (χ1) is 7.72. The highest BCUT2D eigenvalue weighted by Crippen LogP contribution is 2.28. The van der Waals surface area contributed by atoms with Crippen molar-refractivity contribution in [3.05, 3.63) is 0 Å². The zero-order chi connectivity index (χ0) is 11.9. The summed E-state index contributed by atoms with van der Waals surface area (Å²) in [5, 5.41) is 3.03. The third kappa shape index (κ3) is 4.10. The van der Waals surface area contributed by atoms with Crippen LogP contribution in [-0.2, 0) is 9.53 Å². The lowest BCUT2D eigenvalue weighted by atomic mass is 9.98. The van der Waals surface area contributed by atoms with Crippen LogP contribution in [0.15, 0.2) is 0 Å². The first-order valence-electron chi connectivity index (χ1n) is 6.31. The molecule has 3 N–H and O–H groups in total. The van der Waals surface area contributed by atoms with Gasteiger partial charge in [-0.25, -0.2) is 0 Å². The van der Waals surface area contributed by atoms with Crippen molar-refractivity contribution >= 4 is 5.91 Å². The molecule has 0 saturated heterocycles. The average Bonchev–Trinajstić information content (AvgIpc) is 2.74. The molecule has 1 aliphatic rings. The SMILES string of the molecule is CCCCOCC(=O)NC1(CN)CCCC1. The quantitative estimate of drug-likeness (QED) is 0.643. The van der Waals surface area contributed by atoms with Crippen molar-refractivity contribution in [2.45, 2.75) is 51.0 Å². The Balaban J connectivity index is 2.21. The molecule has 1 aliphatic carbocycles. The van der Waals surface area contributed by atoms with Crippen molar-refractivity contribution in [3.8, 4) is 0 Å². The van der Waals surface area contributed by atoms with Gasteiger partial charge in [0.25, 0.3) is 0 Å². The Morgan fingerprint density at radius 2 is 2.12 bits per heavy atom. The Kier molecular flexibility index (Phi) is 5.77. The Hall–Kier alpha value is -0.610. The second-order valence-electron chi connectivity index (χ2n) is 4.65. The fourth-order valence-corrected chi connectivity index (χ4v) is 2.18. The monoisotopic (exact) mass is 228 g/mol. The third-order valence-corrected chi connectivity index (χ3v) is 3.23. The van der Waals surface area contributed by atoms with Crippen molar-refractivity contribution in [1.29, 1.82) is 0 Å². The lowest BCUT2D eigenvalue weighted by molar-refractivity contribution is -0.127. The highest BCUT2D eigenvalue weighted by atomic mass is 16.5. The number of hydrogen-bond donors (Lipinski definition) is 2. The molecule has 0 unspecified atom stereocenters. The number of rotatable bonds is 7. The minimum atomic E-state index is -0.148. The van der Waals surface area contributed by atoms with Gasteiger partial charge in [-0.15, -0.1) is 0 Å². The van der Waals surface area contributed by atoms with E-state index in [4.69, 9.17) is 10.5 Å². The van der Waals surface area contributed by atoms with Crippen molar-refractivity contribution < 1.29 is 9.53 Å². The van der Waals surface area contributed by atoms with Crippen molar-refractivity contribution in [2.75, 3.05) is 19.8 Å². The van der Waals surface area contributed by atoms with Crippen LogP contribution in [-0.4, -0.2) is 31.2 Å². The highest BCUT2D eigenvalue weighted by molar-refractivity contribution is 5.78. The van der Waals surface area contributed by atoms with Gasteiger partial charge in [-0.1, -0.05) is 26.2 Å². The van der Waals surface area contributed by atoms with Crippen LogP contribution >= 0.6 is 0 Å². The number of amides is 1. The average molecular weight is 228 g/mol. The Labute approximate surface area is 97.9 Å². The molecule has 0 spiro atoms. The van der Waals surface area contributed by atoms with E-state index in [0.717, 1.165) is 38.5 Å². The fraction of sp³-hybridized carbons (Fsp3) is 0.917. The summed E-state index contributed by atoms with van der Waals surface area (Å²) >= 11 is 0. The molecule has 0 bridgehead atoms. The predicted octanol–water partition coefficient (Wildman–Crippen LogP) is 1.19. The van der Waals surface area contributed by atoms with E-state index in [-0.39, 0.29) is 18.1 Å². The van der Waals surface area contributed by atoms with Gasteiger partial charge in [0, 0.05) is 13.2 Å². The molecule has 0 radical (unpaired) electrons. The molecule has 1 fully saturated rings. The minimum Gasteiger partial charge on any atom is -0.372 e. The molecular formula is C12H24N2O2. The number of carbonyl (C=O) groups excluding carboxylic acids is 1. The zero-order valence-corrected chi connectivity index (χ0v) is 10.3. The molecule has 94 valence electrons. The number of carbonyl (C=O) groups is 1. The van der Waals surface area contributed by atoms with E-state index in [9.17, 15) is 4.79 Å². The van der Waals surface area contributed by atoms with Gasteiger partial charge >= 0.3 is 0 Å². The van der Waals surface area contributed by atoms with E-state index in [1.165, 1.54) is 0 Å². The molecular weight excluding hydrogens is 204 g/mol. The number of unbranched alkanes of at least 4 members (excludes halogenated alkanes) is 1. The fourth-order valence-electron chi connectivity index (χ4n) is 2.18. The van der Waals surface area contributed by atoms with E-state index in [1.807, 2.05) is 0 Å². The molecule has 0 aromatic rings. The number of hydrogen-bond acceptors (Lipinski definition) is 3. The van der Waals surface area contributed by atoms with Gasteiger partial charge in [0.05, 0.1) is 5.54 Å². The van der Waals surface area contributed by atoms with Gasteiger partial charge in [0.15, 0.2) is 0 Å². The van der Waals surface area contributed by atoms with Crippen molar-refractivity contribution in [2.24, 2.45) is 5.73 Å². The number of nitrogens with two attached hydrogens (primary N) is 1. The van der Waals surface area contributed by atoms with Crippen LogP contribution in [0.5, 0.6) is 0 Å². The van der Waals surface area contributed by atoms with Crippen LogP contribution in [0.1, 0.15) is 45.4 Å². The molecule has 0 aromatic heterocycles. The molecule has 16 heavy (non-hydrogen) atoms. The maximum Gasteiger partial charge on any atom is 0.246 e. The van der Waals surface area contributed by atoms with Crippen LogP contribution in [0.4, 0.5) is 0 Å². The van der Waals surface area contributed by atoms with Crippen LogP contribution in [0.2, 0.25) is 0 Å². The summed E-state index contributed by atoms with van der Waals surface area (Å²) < 4.78 is 5.28. The van der Waals surface area contributed by atoms with Gasteiger partial charge in [-0.2, -0.15) is 0 Å². The number of nitrogens with one attached hydrogen (secondary N) is 1. The van der Waals surface area contributed by atoms with Crippen molar-refractivity contribution in [3.63, 3.8) is 0 Å².